The van der Waals surface area contributed by atoms with Gasteiger partial charge in [0.1, 0.15) is 11.9 Å². The Morgan fingerprint density at radius 2 is 2.09 bits per heavy atom. The fraction of sp³-hybridized carbons (Fsp3) is 0.500. The van der Waals surface area contributed by atoms with Crippen molar-refractivity contribution in [2.45, 2.75) is 20.0 Å². The fourth-order valence-electron chi connectivity index (χ4n) is 0.816. The average Bonchev–Trinajstić information content (AvgIpc) is 2.34. The first-order chi connectivity index (χ1) is 5.11. The molecule has 0 aliphatic heterocycles. The van der Waals surface area contributed by atoms with Crippen LogP contribution in [0.3, 0.4) is 0 Å². The summed E-state index contributed by atoms with van der Waals surface area (Å²) in [6, 6.07) is 3.55. The van der Waals surface area contributed by atoms with E-state index in [1.54, 1.807) is 12.1 Å². The summed E-state index contributed by atoms with van der Waals surface area (Å²) >= 11 is 3.17. The summed E-state index contributed by atoms with van der Waals surface area (Å²) in [6.45, 7) is 3.89. The largest absolute Gasteiger partial charge is 0.452 e. The Labute approximate surface area is 74.3 Å². The van der Waals surface area contributed by atoms with Gasteiger partial charge < -0.3 is 9.52 Å². The molecule has 0 aliphatic rings. The molecule has 0 amide bonds. The second-order valence-electron chi connectivity index (χ2n) is 2.83. The first-order valence-electron chi connectivity index (χ1n) is 3.54. The number of aliphatic hydroxyl groups excluding tert-OH is 1. The quantitative estimate of drug-likeness (QED) is 0.829. The van der Waals surface area contributed by atoms with Crippen molar-refractivity contribution < 1.29 is 9.52 Å². The summed E-state index contributed by atoms with van der Waals surface area (Å²) in [7, 11) is 0. The lowest BCUT2D eigenvalue weighted by Gasteiger charge is -2.10. The highest BCUT2D eigenvalue weighted by Gasteiger charge is 2.15. The molecule has 0 bridgehead atoms. The van der Waals surface area contributed by atoms with Crippen molar-refractivity contribution in [3.05, 3.63) is 22.6 Å². The smallest absolute Gasteiger partial charge is 0.169 e. The molecule has 0 spiro atoms. The van der Waals surface area contributed by atoms with Crippen molar-refractivity contribution in [1.29, 1.82) is 0 Å². The molecule has 1 N–H and O–H groups in total. The molecule has 0 saturated heterocycles. The maximum Gasteiger partial charge on any atom is 0.169 e. The molecule has 1 unspecified atom stereocenters. The Balaban J connectivity index is 2.76. The van der Waals surface area contributed by atoms with Gasteiger partial charge in [0.05, 0.1) is 0 Å². The van der Waals surface area contributed by atoms with Gasteiger partial charge in [0.15, 0.2) is 4.67 Å². The standard InChI is InChI=1S/C8H11BrO2/c1-5(2)8(10)6-3-4-7(9)11-6/h3-5,8,10H,1-2H3. The van der Waals surface area contributed by atoms with E-state index in [-0.39, 0.29) is 5.92 Å². The van der Waals surface area contributed by atoms with Crippen LogP contribution in [0, 0.1) is 5.92 Å². The van der Waals surface area contributed by atoms with E-state index in [0.717, 1.165) is 0 Å². The molecule has 62 valence electrons. The predicted octanol–water partition coefficient (Wildman–Crippen LogP) is 2.73. The van der Waals surface area contributed by atoms with Gasteiger partial charge in [0.25, 0.3) is 0 Å². The maximum atomic E-state index is 9.50. The van der Waals surface area contributed by atoms with E-state index in [2.05, 4.69) is 15.9 Å². The number of hydrogen-bond donors (Lipinski definition) is 1. The van der Waals surface area contributed by atoms with Gasteiger partial charge in [0, 0.05) is 0 Å². The van der Waals surface area contributed by atoms with Crippen LogP contribution in [0.25, 0.3) is 0 Å². The molecule has 1 heterocycles. The first kappa shape index (κ1) is 8.81. The van der Waals surface area contributed by atoms with Gasteiger partial charge in [-0.2, -0.15) is 0 Å². The molecule has 1 rings (SSSR count). The Kier molecular flexibility index (Phi) is 2.73. The van der Waals surface area contributed by atoms with Crippen LogP contribution >= 0.6 is 15.9 Å². The highest BCUT2D eigenvalue weighted by Crippen LogP contribution is 2.25. The van der Waals surface area contributed by atoms with E-state index in [1.807, 2.05) is 13.8 Å². The minimum absolute atomic E-state index is 0.188. The van der Waals surface area contributed by atoms with Crippen LogP contribution in [-0.2, 0) is 0 Å². The molecule has 2 nitrogen and oxygen atoms in total. The van der Waals surface area contributed by atoms with Gasteiger partial charge in [0.2, 0.25) is 0 Å². The third-order valence-corrected chi connectivity index (χ3v) is 1.94. The van der Waals surface area contributed by atoms with E-state index in [0.29, 0.717) is 10.4 Å². The molecule has 0 aromatic carbocycles. The van der Waals surface area contributed by atoms with Crippen LogP contribution in [0.15, 0.2) is 21.2 Å². The summed E-state index contributed by atoms with van der Waals surface area (Å²) in [4.78, 5) is 0. The topological polar surface area (TPSA) is 33.4 Å². The zero-order valence-electron chi connectivity index (χ0n) is 6.54. The molecule has 1 aromatic rings. The molecular formula is C8H11BrO2. The van der Waals surface area contributed by atoms with Crippen LogP contribution in [0.1, 0.15) is 25.7 Å². The normalized spacial score (nSPS) is 13.9. The zero-order valence-corrected chi connectivity index (χ0v) is 8.13. The highest BCUT2D eigenvalue weighted by molar-refractivity contribution is 9.10. The molecule has 1 aromatic heterocycles. The van der Waals surface area contributed by atoms with Crippen molar-refractivity contribution in [1.82, 2.24) is 0 Å². The molecule has 0 aliphatic carbocycles. The molecule has 11 heavy (non-hydrogen) atoms. The van der Waals surface area contributed by atoms with Gasteiger partial charge in [-0.25, -0.2) is 0 Å². The van der Waals surface area contributed by atoms with Crippen molar-refractivity contribution in [3.63, 3.8) is 0 Å². The second kappa shape index (κ2) is 3.41. The van der Waals surface area contributed by atoms with Gasteiger partial charge in [-0.15, -0.1) is 0 Å². The van der Waals surface area contributed by atoms with Crippen molar-refractivity contribution in [2.24, 2.45) is 5.92 Å². The maximum absolute atomic E-state index is 9.50. The average molecular weight is 219 g/mol. The third-order valence-electron chi connectivity index (χ3n) is 1.52. The summed E-state index contributed by atoms with van der Waals surface area (Å²) in [5.41, 5.74) is 0. The summed E-state index contributed by atoms with van der Waals surface area (Å²) in [5.74, 6) is 0.805. The van der Waals surface area contributed by atoms with E-state index in [1.165, 1.54) is 0 Å². The Morgan fingerprint density at radius 1 is 1.45 bits per heavy atom. The zero-order chi connectivity index (χ0) is 8.43. The van der Waals surface area contributed by atoms with E-state index < -0.39 is 6.10 Å². The molecule has 0 fully saturated rings. The van der Waals surface area contributed by atoms with E-state index in [9.17, 15) is 5.11 Å². The Bertz CT molecular complexity index is 230. The number of rotatable bonds is 2. The lowest BCUT2D eigenvalue weighted by atomic mass is 10.1. The lowest BCUT2D eigenvalue weighted by molar-refractivity contribution is 0.101. The second-order valence-corrected chi connectivity index (χ2v) is 3.61. The van der Waals surface area contributed by atoms with Gasteiger partial charge in [-0.05, 0) is 34.0 Å². The van der Waals surface area contributed by atoms with Crippen LogP contribution in [0.5, 0.6) is 0 Å². The Morgan fingerprint density at radius 3 is 2.45 bits per heavy atom. The van der Waals surface area contributed by atoms with Gasteiger partial charge in [-0.1, -0.05) is 13.8 Å². The SMILES string of the molecule is CC(C)C(O)c1ccc(Br)o1. The number of furan rings is 1. The monoisotopic (exact) mass is 218 g/mol. The lowest BCUT2D eigenvalue weighted by Crippen LogP contribution is -2.03. The van der Waals surface area contributed by atoms with Gasteiger partial charge >= 0.3 is 0 Å². The third kappa shape index (κ3) is 2.07. The molecule has 0 saturated carbocycles. The van der Waals surface area contributed by atoms with Crippen molar-refractivity contribution in [2.75, 3.05) is 0 Å². The van der Waals surface area contributed by atoms with E-state index >= 15 is 0 Å². The summed E-state index contributed by atoms with van der Waals surface area (Å²) in [5, 5.41) is 9.50. The molecule has 0 radical (unpaired) electrons. The number of hydrogen-bond acceptors (Lipinski definition) is 2. The van der Waals surface area contributed by atoms with Crippen molar-refractivity contribution in [3.8, 4) is 0 Å². The molecule has 1 atom stereocenters. The van der Waals surface area contributed by atoms with E-state index in [4.69, 9.17) is 4.42 Å². The van der Waals surface area contributed by atoms with Crippen molar-refractivity contribution >= 4 is 15.9 Å². The van der Waals surface area contributed by atoms with Crippen LogP contribution in [0.2, 0.25) is 0 Å². The number of halogens is 1. The number of aliphatic hydroxyl groups is 1. The minimum atomic E-state index is -0.499. The highest BCUT2D eigenvalue weighted by atomic mass is 79.9. The summed E-state index contributed by atoms with van der Waals surface area (Å²) < 4.78 is 5.83. The molecule has 3 heteroatoms. The Hall–Kier alpha value is -0.280. The predicted molar refractivity (Wildman–Crippen MR) is 46.2 cm³/mol. The molecular weight excluding hydrogens is 208 g/mol. The van der Waals surface area contributed by atoms with Gasteiger partial charge in [-0.3, -0.25) is 0 Å². The van der Waals surface area contributed by atoms with Crippen LogP contribution < -0.4 is 0 Å². The van der Waals surface area contributed by atoms with Crippen LogP contribution in [-0.4, -0.2) is 5.11 Å². The fourth-order valence-corrected chi connectivity index (χ4v) is 1.13. The minimum Gasteiger partial charge on any atom is -0.452 e. The first-order valence-corrected chi connectivity index (χ1v) is 4.34. The summed E-state index contributed by atoms with van der Waals surface area (Å²) in [6.07, 6.45) is -0.499. The van der Waals surface area contributed by atoms with Crippen LogP contribution in [0.4, 0.5) is 0 Å².